The molecule has 2 saturated heterocycles. The number of H-pyrrole nitrogens is 1. The van der Waals surface area contributed by atoms with Crippen LogP contribution in [0.3, 0.4) is 0 Å². The summed E-state index contributed by atoms with van der Waals surface area (Å²) in [5, 5.41) is 17.0. The molecule has 2 aromatic heterocycles. The predicted octanol–water partition coefficient (Wildman–Crippen LogP) is 3.03. The van der Waals surface area contributed by atoms with Crippen molar-refractivity contribution in [2.45, 2.75) is 12.5 Å². The Balaban J connectivity index is 1.27. The Hall–Kier alpha value is -3.77. The fraction of sp³-hybridized carbons (Fsp3) is 0.261. The Morgan fingerprint density at radius 1 is 1.16 bits per heavy atom. The van der Waals surface area contributed by atoms with Gasteiger partial charge in [0.05, 0.1) is 44.5 Å². The molecule has 2 aromatic carbocycles. The number of piperidine rings is 1. The Morgan fingerprint density at radius 2 is 2.06 bits per heavy atom. The van der Waals surface area contributed by atoms with Gasteiger partial charge in [0, 0.05) is 25.0 Å². The molecule has 0 saturated carbocycles. The van der Waals surface area contributed by atoms with Crippen molar-refractivity contribution in [2.75, 3.05) is 19.6 Å². The van der Waals surface area contributed by atoms with Gasteiger partial charge in [-0.2, -0.15) is 10.4 Å². The van der Waals surface area contributed by atoms with Crippen molar-refractivity contribution in [2.24, 2.45) is 5.92 Å². The normalized spacial score (nSPS) is 20.1. The maximum Gasteiger partial charge on any atom is 0.275 e. The third-order valence-electron chi connectivity index (χ3n) is 6.44. The fourth-order valence-electron chi connectivity index (χ4n) is 4.98. The first-order valence-electron chi connectivity index (χ1n) is 10.4. The molecule has 2 unspecified atom stereocenters. The van der Waals surface area contributed by atoms with Gasteiger partial charge in [0.25, 0.3) is 11.8 Å². The Labute approximate surface area is 187 Å². The van der Waals surface area contributed by atoms with Crippen LogP contribution in [-0.2, 0) is 0 Å². The van der Waals surface area contributed by atoms with Crippen LogP contribution < -0.4 is 0 Å². The number of nitrogens with one attached hydrogen (secondary N) is 1. The molecule has 0 spiro atoms. The van der Waals surface area contributed by atoms with Crippen LogP contribution in [0.4, 0.5) is 0 Å². The summed E-state index contributed by atoms with van der Waals surface area (Å²) in [5.41, 5.74) is 4.81. The quantitative estimate of drug-likeness (QED) is 0.514. The lowest BCUT2D eigenvalue weighted by Gasteiger charge is -2.32. The van der Waals surface area contributed by atoms with E-state index in [1.54, 1.807) is 23.7 Å². The zero-order chi connectivity index (χ0) is 21.8. The van der Waals surface area contributed by atoms with Crippen LogP contribution in [0.5, 0.6) is 0 Å². The SMILES string of the molecule is N#Cc1ccc2[nH]nc(C(=O)N3CC4CC3CN(C(=O)c3cccc5ncsc35)C4)c2c1. The van der Waals surface area contributed by atoms with Crippen molar-refractivity contribution in [1.82, 2.24) is 25.0 Å². The molecule has 1 N–H and O–H groups in total. The van der Waals surface area contributed by atoms with E-state index in [1.165, 1.54) is 11.3 Å². The van der Waals surface area contributed by atoms with Crippen LogP contribution in [0.25, 0.3) is 21.1 Å². The van der Waals surface area contributed by atoms with Crippen LogP contribution in [0, 0.1) is 17.2 Å². The van der Waals surface area contributed by atoms with Crippen LogP contribution >= 0.6 is 11.3 Å². The topological polar surface area (TPSA) is 106 Å². The minimum absolute atomic E-state index is 0.00673. The van der Waals surface area contributed by atoms with E-state index < -0.39 is 0 Å². The zero-order valence-electron chi connectivity index (χ0n) is 17.0. The van der Waals surface area contributed by atoms with Gasteiger partial charge in [0.15, 0.2) is 5.69 Å². The minimum atomic E-state index is -0.155. The average Bonchev–Trinajstić information content (AvgIpc) is 3.54. The second-order valence-corrected chi connectivity index (χ2v) is 9.23. The first-order valence-corrected chi connectivity index (χ1v) is 11.3. The number of amides is 2. The minimum Gasteiger partial charge on any atom is -0.336 e. The molecule has 32 heavy (non-hydrogen) atoms. The molecule has 2 bridgehead atoms. The molecular weight excluding hydrogens is 424 g/mol. The summed E-state index contributed by atoms with van der Waals surface area (Å²) in [6.07, 6.45) is 0.881. The van der Waals surface area contributed by atoms with E-state index in [0.29, 0.717) is 41.8 Å². The molecule has 2 amide bonds. The zero-order valence-corrected chi connectivity index (χ0v) is 17.8. The highest BCUT2D eigenvalue weighted by Crippen LogP contribution is 2.33. The fourth-order valence-corrected chi connectivity index (χ4v) is 5.78. The number of benzene rings is 2. The lowest BCUT2D eigenvalue weighted by atomic mass is 9.99. The molecule has 2 atom stereocenters. The van der Waals surface area contributed by atoms with Gasteiger partial charge in [-0.15, -0.1) is 11.3 Å². The Kier molecular flexibility index (Phi) is 4.23. The third kappa shape index (κ3) is 2.87. The highest BCUT2D eigenvalue weighted by atomic mass is 32.1. The summed E-state index contributed by atoms with van der Waals surface area (Å²) in [7, 11) is 0. The summed E-state index contributed by atoms with van der Waals surface area (Å²) in [6, 6.07) is 12.9. The Bertz CT molecular complexity index is 1430. The molecule has 9 heteroatoms. The van der Waals surface area contributed by atoms with Gasteiger partial charge in [0.1, 0.15) is 0 Å². The van der Waals surface area contributed by atoms with E-state index in [1.807, 2.05) is 28.0 Å². The molecule has 0 aliphatic carbocycles. The van der Waals surface area contributed by atoms with Gasteiger partial charge in [-0.25, -0.2) is 4.98 Å². The number of fused-ring (bicyclic) bond motifs is 4. The van der Waals surface area contributed by atoms with E-state index in [0.717, 1.165) is 22.2 Å². The van der Waals surface area contributed by atoms with Crippen LogP contribution in [0.15, 0.2) is 41.9 Å². The van der Waals surface area contributed by atoms with E-state index in [9.17, 15) is 14.9 Å². The van der Waals surface area contributed by atoms with Gasteiger partial charge in [0.2, 0.25) is 0 Å². The molecule has 2 aliphatic rings. The summed E-state index contributed by atoms with van der Waals surface area (Å²) in [5.74, 6) is 0.0765. The van der Waals surface area contributed by atoms with Gasteiger partial charge in [-0.1, -0.05) is 6.07 Å². The molecule has 0 radical (unpaired) electrons. The number of hydrogen-bond donors (Lipinski definition) is 1. The first kappa shape index (κ1) is 19.0. The van der Waals surface area contributed by atoms with E-state index >= 15 is 0 Å². The number of likely N-dealkylation sites (tertiary alicyclic amines) is 2. The van der Waals surface area contributed by atoms with Gasteiger partial charge < -0.3 is 9.80 Å². The van der Waals surface area contributed by atoms with Gasteiger partial charge >= 0.3 is 0 Å². The number of carbonyl (C=O) groups excluding carboxylic acids is 2. The lowest BCUT2D eigenvalue weighted by Crippen LogP contribution is -2.46. The van der Waals surface area contributed by atoms with Gasteiger partial charge in [-0.3, -0.25) is 14.7 Å². The second kappa shape index (κ2) is 7.14. The largest absolute Gasteiger partial charge is 0.336 e. The maximum absolute atomic E-state index is 13.4. The van der Waals surface area contributed by atoms with E-state index in [2.05, 4.69) is 21.3 Å². The van der Waals surface area contributed by atoms with E-state index in [-0.39, 0.29) is 23.8 Å². The van der Waals surface area contributed by atoms with Crippen LogP contribution in [0.2, 0.25) is 0 Å². The summed E-state index contributed by atoms with van der Waals surface area (Å²) in [6.45, 7) is 1.74. The van der Waals surface area contributed by atoms with Crippen LogP contribution in [-0.4, -0.2) is 62.5 Å². The van der Waals surface area contributed by atoms with Crippen molar-refractivity contribution in [3.63, 3.8) is 0 Å². The van der Waals surface area contributed by atoms with Crippen LogP contribution in [0.1, 0.15) is 32.8 Å². The molecule has 6 rings (SSSR count). The van der Waals surface area contributed by atoms with Crippen molar-refractivity contribution < 1.29 is 9.59 Å². The predicted molar refractivity (Wildman–Crippen MR) is 119 cm³/mol. The number of aromatic amines is 1. The number of aromatic nitrogens is 3. The number of hydrogen-bond acceptors (Lipinski definition) is 6. The number of carbonyl (C=O) groups is 2. The Morgan fingerprint density at radius 3 is 2.94 bits per heavy atom. The first-order chi connectivity index (χ1) is 15.6. The lowest BCUT2D eigenvalue weighted by molar-refractivity contribution is 0.0618. The average molecular weight is 443 g/mol. The highest BCUT2D eigenvalue weighted by Gasteiger charge is 2.43. The maximum atomic E-state index is 13.4. The molecule has 4 aromatic rings. The summed E-state index contributed by atoms with van der Waals surface area (Å²) < 4.78 is 0.902. The molecule has 2 fully saturated rings. The molecular formula is C23H18N6O2S. The standard InChI is InChI=1S/C23H18N6O2S/c24-8-13-4-5-18-17(7-13)20(27-26-18)23(31)29-10-14-6-15(29)11-28(9-14)22(30)16-2-1-3-19-21(16)32-12-25-19/h1-5,7,12,14-15H,6,9-11H2,(H,26,27). The summed E-state index contributed by atoms with van der Waals surface area (Å²) in [4.78, 5) is 34.8. The second-order valence-electron chi connectivity index (χ2n) is 8.37. The van der Waals surface area contributed by atoms with E-state index in [4.69, 9.17) is 0 Å². The smallest absolute Gasteiger partial charge is 0.275 e. The molecule has 4 heterocycles. The highest BCUT2D eigenvalue weighted by molar-refractivity contribution is 7.17. The number of rotatable bonds is 2. The van der Waals surface area contributed by atoms with Crippen molar-refractivity contribution in [1.29, 1.82) is 5.26 Å². The molecule has 8 nitrogen and oxygen atoms in total. The number of thiazole rings is 1. The van der Waals surface area contributed by atoms with Gasteiger partial charge in [-0.05, 0) is 42.7 Å². The van der Waals surface area contributed by atoms with Crippen molar-refractivity contribution in [3.05, 3.63) is 58.7 Å². The molecule has 158 valence electrons. The monoisotopic (exact) mass is 442 g/mol. The van der Waals surface area contributed by atoms with Crippen molar-refractivity contribution >= 4 is 44.3 Å². The summed E-state index contributed by atoms with van der Waals surface area (Å²) >= 11 is 1.47. The number of nitriles is 1. The molecule has 2 aliphatic heterocycles. The van der Waals surface area contributed by atoms with Crippen molar-refractivity contribution in [3.8, 4) is 6.07 Å². The third-order valence-corrected chi connectivity index (χ3v) is 7.32. The number of nitrogens with zero attached hydrogens (tertiary/aromatic N) is 5.